The van der Waals surface area contributed by atoms with E-state index in [-0.39, 0.29) is 23.9 Å². The molecule has 0 bridgehead atoms. The van der Waals surface area contributed by atoms with E-state index in [1.54, 1.807) is 36.2 Å². The Morgan fingerprint density at radius 1 is 0.935 bits per heavy atom. The number of hydrogen-bond acceptors (Lipinski definition) is 5. The average Bonchev–Trinajstić information content (AvgIpc) is 3.36. The molecule has 0 saturated carbocycles. The number of furan rings is 1. The Balaban J connectivity index is 1.50. The van der Waals surface area contributed by atoms with Crippen molar-refractivity contribution < 1.29 is 18.8 Å². The SMILES string of the molecule is CN(Cc1ccc(N(C)C)cc1)C(=O)c1ccc2c(c1)C(=O)N(Cc1ccco1)C2=O. The molecule has 1 aliphatic rings. The van der Waals surface area contributed by atoms with E-state index in [9.17, 15) is 14.4 Å². The van der Waals surface area contributed by atoms with Crippen LogP contribution in [0.1, 0.15) is 42.4 Å². The molecule has 0 aliphatic carbocycles. The third kappa shape index (κ3) is 3.94. The summed E-state index contributed by atoms with van der Waals surface area (Å²) in [5.74, 6) is -0.507. The Kier molecular flexibility index (Phi) is 5.33. The van der Waals surface area contributed by atoms with E-state index in [4.69, 9.17) is 4.42 Å². The van der Waals surface area contributed by atoms with Crippen LogP contribution in [0.4, 0.5) is 5.69 Å². The number of nitrogens with zero attached hydrogens (tertiary/aromatic N) is 3. The van der Waals surface area contributed by atoms with Gasteiger partial charge in [-0.1, -0.05) is 12.1 Å². The van der Waals surface area contributed by atoms with Crippen LogP contribution in [0.5, 0.6) is 0 Å². The van der Waals surface area contributed by atoms with E-state index in [0.29, 0.717) is 23.4 Å². The molecule has 0 saturated heterocycles. The van der Waals surface area contributed by atoms with Crippen molar-refractivity contribution in [2.45, 2.75) is 13.1 Å². The molecule has 7 heteroatoms. The number of amides is 3. The van der Waals surface area contributed by atoms with Crippen molar-refractivity contribution in [1.29, 1.82) is 0 Å². The van der Waals surface area contributed by atoms with Crippen LogP contribution >= 0.6 is 0 Å². The van der Waals surface area contributed by atoms with Crippen LogP contribution in [0, 0.1) is 0 Å². The Hall–Kier alpha value is -3.87. The molecule has 0 spiro atoms. The predicted molar refractivity (Wildman–Crippen MR) is 116 cm³/mol. The number of hydrogen-bond donors (Lipinski definition) is 0. The Labute approximate surface area is 180 Å². The molecule has 0 radical (unpaired) electrons. The molecule has 4 rings (SSSR count). The van der Waals surface area contributed by atoms with E-state index < -0.39 is 5.91 Å². The van der Waals surface area contributed by atoms with E-state index in [0.717, 1.165) is 16.2 Å². The lowest BCUT2D eigenvalue weighted by atomic mass is 10.0. The normalized spacial score (nSPS) is 12.8. The first-order valence-electron chi connectivity index (χ1n) is 9.89. The van der Waals surface area contributed by atoms with Gasteiger partial charge in [-0.2, -0.15) is 0 Å². The highest BCUT2D eigenvalue weighted by atomic mass is 16.3. The van der Waals surface area contributed by atoms with Gasteiger partial charge >= 0.3 is 0 Å². The molecule has 1 aromatic heterocycles. The summed E-state index contributed by atoms with van der Waals surface area (Å²) in [5, 5.41) is 0. The fourth-order valence-corrected chi connectivity index (χ4v) is 3.59. The van der Waals surface area contributed by atoms with Gasteiger partial charge in [-0.05, 0) is 48.0 Å². The number of benzene rings is 2. The molecular weight excluding hydrogens is 394 g/mol. The molecule has 3 aromatic rings. The molecule has 2 aromatic carbocycles. The molecule has 7 nitrogen and oxygen atoms in total. The van der Waals surface area contributed by atoms with Crippen molar-refractivity contribution in [3.63, 3.8) is 0 Å². The van der Waals surface area contributed by atoms with Crippen LogP contribution in [-0.2, 0) is 13.1 Å². The quantitative estimate of drug-likeness (QED) is 0.575. The summed E-state index contributed by atoms with van der Waals surface area (Å²) in [7, 11) is 5.66. The van der Waals surface area contributed by atoms with E-state index in [1.165, 1.54) is 12.3 Å². The second-order valence-corrected chi connectivity index (χ2v) is 7.76. The van der Waals surface area contributed by atoms with Crippen LogP contribution in [0.15, 0.2) is 65.3 Å². The van der Waals surface area contributed by atoms with Crippen LogP contribution in [0.3, 0.4) is 0 Å². The highest BCUT2D eigenvalue weighted by molar-refractivity contribution is 6.22. The Bertz CT molecular complexity index is 1130. The number of fused-ring (bicyclic) bond motifs is 1. The van der Waals surface area contributed by atoms with Gasteiger partial charge in [-0.3, -0.25) is 19.3 Å². The second kappa shape index (κ2) is 8.10. The highest BCUT2D eigenvalue weighted by Gasteiger charge is 2.36. The number of carbonyl (C=O) groups excluding carboxylic acids is 3. The van der Waals surface area contributed by atoms with Gasteiger partial charge in [0, 0.05) is 38.9 Å². The van der Waals surface area contributed by atoms with Gasteiger partial charge in [0.1, 0.15) is 5.76 Å². The predicted octanol–water partition coefficient (Wildman–Crippen LogP) is 3.41. The molecule has 0 atom stereocenters. The van der Waals surface area contributed by atoms with Crippen LogP contribution < -0.4 is 4.90 Å². The van der Waals surface area contributed by atoms with Gasteiger partial charge in [0.05, 0.1) is 23.9 Å². The van der Waals surface area contributed by atoms with Crippen LogP contribution in [0.2, 0.25) is 0 Å². The van der Waals surface area contributed by atoms with Crippen molar-refractivity contribution in [3.05, 3.63) is 88.9 Å². The van der Waals surface area contributed by atoms with Crippen LogP contribution in [0.25, 0.3) is 0 Å². The third-order valence-electron chi connectivity index (χ3n) is 5.33. The minimum Gasteiger partial charge on any atom is -0.467 e. The summed E-state index contributed by atoms with van der Waals surface area (Å²) in [6.45, 7) is 0.493. The van der Waals surface area contributed by atoms with Crippen molar-refractivity contribution in [2.75, 3.05) is 26.0 Å². The van der Waals surface area contributed by atoms with Crippen molar-refractivity contribution >= 4 is 23.4 Å². The molecule has 158 valence electrons. The minimum atomic E-state index is -0.423. The van der Waals surface area contributed by atoms with Crippen molar-refractivity contribution in [2.24, 2.45) is 0 Å². The summed E-state index contributed by atoms with van der Waals surface area (Å²) in [4.78, 5) is 43.1. The molecular formula is C24H23N3O4. The molecule has 3 amide bonds. The van der Waals surface area contributed by atoms with Crippen molar-refractivity contribution in [1.82, 2.24) is 9.80 Å². The van der Waals surface area contributed by atoms with Crippen LogP contribution in [-0.4, -0.2) is 48.7 Å². The molecule has 0 fully saturated rings. The summed E-state index contributed by atoms with van der Waals surface area (Å²) in [6.07, 6.45) is 1.49. The van der Waals surface area contributed by atoms with Gasteiger partial charge in [-0.15, -0.1) is 0 Å². The lowest BCUT2D eigenvalue weighted by molar-refractivity contribution is 0.0631. The zero-order valence-corrected chi connectivity index (χ0v) is 17.7. The summed E-state index contributed by atoms with van der Waals surface area (Å²) in [5.41, 5.74) is 2.99. The summed E-state index contributed by atoms with van der Waals surface area (Å²) in [6, 6.07) is 16.0. The standard InChI is InChI=1S/C24H23N3O4/c1-25(2)18-9-6-16(7-10-18)14-26(3)22(28)17-8-11-20-21(13-17)24(30)27(23(20)29)15-19-5-4-12-31-19/h4-13H,14-15H2,1-3H3. The molecule has 2 heterocycles. The first-order chi connectivity index (χ1) is 14.8. The fourth-order valence-electron chi connectivity index (χ4n) is 3.59. The highest BCUT2D eigenvalue weighted by Crippen LogP contribution is 2.26. The monoisotopic (exact) mass is 417 g/mol. The van der Waals surface area contributed by atoms with Gasteiger partial charge in [0.15, 0.2) is 0 Å². The lowest BCUT2D eigenvalue weighted by Crippen LogP contribution is -2.29. The van der Waals surface area contributed by atoms with Gasteiger partial charge in [0.25, 0.3) is 17.7 Å². The van der Waals surface area contributed by atoms with Crippen molar-refractivity contribution in [3.8, 4) is 0 Å². The summed E-state index contributed by atoms with van der Waals surface area (Å²) >= 11 is 0. The Morgan fingerprint density at radius 2 is 1.65 bits per heavy atom. The zero-order chi connectivity index (χ0) is 22.1. The van der Waals surface area contributed by atoms with E-state index in [2.05, 4.69) is 0 Å². The molecule has 1 aliphatic heterocycles. The minimum absolute atomic E-state index is 0.0610. The number of anilines is 1. The lowest BCUT2D eigenvalue weighted by Gasteiger charge is -2.19. The first-order valence-corrected chi connectivity index (χ1v) is 9.89. The zero-order valence-electron chi connectivity index (χ0n) is 17.7. The molecule has 0 N–H and O–H groups in total. The smallest absolute Gasteiger partial charge is 0.261 e. The molecule has 31 heavy (non-hydrogen) atoms. The van der Waals surface area contributed by atoms with E-state index in [1.807, 2.05) is 43.3 Å². The fraction of sp³-hybridized carbons (Fsp3) is 0.208. The topological polar surface area (TPSA) is 74.1 Å². The Morgan fingerprint density at radius 3 is 2.29 bits per heavy atom. The second-order valence-electron chi connectivity index (χ2n) is 7.76. The first kappa shape index (κ1) is 20.4. The van der Waals surface area contributed by atoms with Gasteiger partial charge in [-0.25, -0.2) is 0 Å². The maximum Gasteiger partial charge on any atom is 0.261 e. The molecule has 0 unspecified atom stereocenters. The van der Waals surface area contributed by atoms with E-state index >= 15 is 0 Å². The maximum absolute atomic E-state index is 12.9. The summed E-state index contributed by atoms with van der Waals surface area (Å²) < 4.78 is 5.25. The van der Waals surface area contributed by atoms with Gasteiger partial charge in [0.2, 0.25) is 0 Å². The maximum atomic E-state index is 12.9. The number of carbonyl (C=O) groups is 3. The van der Waals surface area contributed by atoms with Gasteiger partial charge < -0.3 is 14.2 Å². The largest absolute Gasteiger partial charge is 0.467 e. The number of imide groups is 1. The number of rotatable bonds is 6. The average molecular weight is 417 g/mol. The third-order valence-corrected chi connectivity index (χ3v) is 5.33.